The summed E-state index contributed by atoms with van der Waals surface area (Å²) in [7, 11) is 0. The summed E-state index contributed by atoms with van der Waals surface area (Å²) in [4.78, 5) is 31.0. The molecule has 0 radical (unpaired) electrons. The van der Waals surface area contributed by atoms with Gasteiger partial charge in [-0.05, 0) is 57.6 Å². The fraction of sp³-hybridized carbons (Fsp3) is 0.632. The molecule has 2 aliphatic rings. The SMILES string of the molecule is CCC1CCCCN1C(=O)C(C)OC(=O)c1ccc(NC2CC2)nc1. The van der Waals surface area contributed by atoms with Crippen LogP contribution >= 0.6 is 0 Å². The highest BCUT2D eigenvalue weighted by Gasteiger charge is 2.30. The van der Waals surface area contributed by atoms with E-state index in [1.807, 2.05) is 4.90 Å². The molecule has 136 valence electrons. The normalized spacial score (nSPS) is 21.5. The molecule has 6 heteroatoms. The van der Waals surface area contributed by atoms with Crippen LogP contribution in [-0.2, 0) is 9.53 Å². The molecule has 0 bridgehead atoms. The molecule has 1 aromatic heterocycles. The van der Waals surface area contributed by atoms with E-state index in [0.717, 1.165) is 38.0 Å². The second-order valence-electron chi connectivity index (χ2n) is 6.99. The van der Waals surface area contributed by atoms with E-state index in [0.29, 0.717) is 11.6 Å². The van der Waals surface area contributed by atoms with E-state index < -0.39 is 12.1 Å². The van der Waals surface area contributed by atoms with Gasteiger partial charge >= 0.3 is 5.97 Å². The lowest BCUT2D eigenvalue weighted by atomic mass is 9.99. The zero-order chi connectivity index (χ0) is 17.8. The number of nitrogens with zero attached hydrogens (tertiary/aromatic N) is 2. The van der Waals surface area contributed by atoms with Gasteiger partial charge in [0.2, 0.25) is 0 Å². The van der Waals surface area contributed by atoms with Gasteiger partial charge in [0.05, 0.1) is 5.56 Å². The molecule has 0 spiro atoms. The number of carbonyl (C=O) groups is 2. The number of piperidine rings is 1. The van der Waals surface area contributed by atoms with E-state index in [9.17, 15) is 9.59 Å². The lowest BCUT2D eigenvalue weighted by Gasteiger charge is -2.36. The molecule has 1 amide bonds. The van der Waals surface area contributed by atoms with Crippen LogP contribution in [0.4, 0.5) is 5.82 Å². The standard InChI is InChI=1S/C19H27N3O3/c1-3-16-6-4-5-11-22(16)18(23)13(2)25-19(24)14-7-10-17(20-12-14)21-15-8-9-15/h7,10,12-13,15-16H,3-6,8-9,11H2,1-2H3,(H,20,21). The minimum Gasteiger partial charge on any atom is -0.449 e. The van der Waals surface area contributed by atoms with Crippen LogP contribution in [0.3, 0.4) is 0 Å². The molecular formula is C19H27N3O3. The number of amides is 1. The number of hydrogen-bond acceptors (Lipinski definition) is 5. The Morgan fingerprint density at radius 2 is 2.12 bits per heavy atom. The number of hydrogen-bond donors (Lipinski definition) is 1. The highest BCUT2D eigenvalue weighted by molar-refractivity contribution is 5.92. The second-order valence-corrected chi connectivity index (χ2v) is 6.99. The third kappa shape index (κ3) is 4.50. The average Bonchev–Trinajstić information content (AvgIpc) is 3.45. The first-order valence-electron chi connectivity index (χ1n) is 9.32. The number of carbonyl (C=O) groups excluding carboxylic acids is 2. The van der Waals surface area contributed by atoms with E-state index in [1.54, 1.807) is 19.1 Å². The van der Waals surface area contributed by atoms with Gasteiger partial charge in [0, 0.05) is 24.8 Å². The third-order valence-electron chi connectivity index (χ3n) is 4.94. The van der Waals surface area contributed by atoms with Gasteiger partial charge in [-0.15, -0.1) is 0 Å². The monoisotopic (exact) mass is 345 g/mol. The molecule has 3 rings (SSSR count). The van der Waals surface area contributed by atoms with E-state index >= 15 is 0 Å². The molecular weight excluding hydrogens is 318 g/mol. The summed E-state index contributed by atoms with van der Waals surface area (Å²) in [6.07, 6.45) is 7.20. The van der Waals surface area contributed by atoms with Crippen molar-refractivity contribution < 1.29 is 14.3 Å². The molecule has 2 unspecified atom stereocenters. The van der Waals surface area contributed by atoms with Crippen molar-refractivity contribution in [3.63, 3.8) is 0 Å². The zero-order valence-corrected chi connectivity index (χ0v) is 15.0. The molecule has 0 aromatic carbocycles. The predicted molar refractivity (Wildman–Crippen MR) is 95.4 cm³/mol. The number of likely N-dealkylation sites (tertiary alicyclic amines) is 1. The van der Waals surface area contributed by atoms with Crippen LogP contribution in [-0.4, -0.2) is 46.5 Å². The van der Waals surface area contributed by atoms with Gasteiger partial charge in [-0.1, -0.05) is 6.92 Å². The Morgan fingerprint density at radius 3 is 2.76 bits per heavy atom. The van der Waals surface area contributed by atoms with Crippen LogP contribution in [0.15, 0.2) is 18.3 Å². The van der Waals surface area contributed by atoms with Crippen LogP contribution in [0, 0.1) is 0 Å². The topological polar surface area (TPSA) is 71.5 Å². The number of rotatable bonds is 6. The molecule has 2 atom stereocenters. The first kappa shape index (κ1) is 17.7. The largest absolute Gasteiger partial charge is 0.449 e. The second kappa shape index (κ2) is 7.85. The Hall–Kier alpha value is -2.11. The zero-order valence-electron chi connectivity index (χ0n) is 15.0. The Balaban J connectivity index is 1.56. The van der Waals surface area contributed by atoms with Crippen LogP contribution < -0.4 is 5.32 Å². The average molecular weight is 345 g/mol. The maximum atomic E-state index is 12.6. The smallest absolute Gasteiger partial charge is 0.340 e. The summed E-state index contributed by atoms with van der Waals surface area (Å²) in [6, 6.07) is 4.24. The molecule has 1 aromatic rings. The molecule has 1 N–H and O–H groups in total. The van der Waals surface area contributed by atoms with Crippen LogP contribution in [0.2, 0.25) is 0 Å². The first-order chi connectivity index (χ1) is 12.1. The Morgan fingerprint density at radius 1 is 1.32 bits per heavy atom. The van der Waals surface area contributed by atoms with Crippen LogP contribution in [0.5, 0.6) is 0 Å². The Bertz CT molecular complexity index is 613. The molecule has 25 heavy (non-hydrogen) atoms. The van der Waals surface area contributed by atoms with Gasteiger partial charge in [-0.25, -0.2) is 9.78 Å². The lowest BCUT2D eigenvalue weighted by Crippen LogP contribution is -2.48. The number of pyridine rings is 1. The number of aromatic nitrogens is 1. The fourth-order valence-electron chi connectivity index (χ4n) is 3.26. The molecule has 1 saturated heterocycles. The van der Waals surface area contributed by atoms with Gasteiger partial charge < -0.3 is 15.0 Å². The van der Waals surface area contributed by atoms with E-state index in [-0.39, 0.29) is 11.9 Å². The minimum absolute atomic E-state index is 0.0973. The summed E-state index contributed by atoms with van der Waals surface area (Å²) in [5, 5.41) is 3.27. The predicted octanol–water partition coefficient (Wildman–Crippen LogP) is 2.99. The van der Waals surface area contributed by atoms with Gasteiger partial charge in [-0.3, -0.25) is 4.79 Å². The molecule has 2 fully saturated rings. The molecule has 1 saturated carbocycles. The van der Waals surface area contributed by atoms with Crippen molar-refractivity contribution in [3.05, 3.63) is 23.9 Å². The summed E-state index contributed by atoms with van der Waals surface area (Å²) in [5.41, 5.74) is 0.367. The lowest BCUT2D eigenvalue weighted by molar-refractivity contribution is -0.143. The van der Waals surface area contributed by atoms with Crippen molar-refractivity contribution in [2.24, 2.45) is 0 Å². The Labute approximate surface area is 148 Å². The number of ether oxygens (including phenoxy) is 1. The Kier molecular flexibility index (Phi) is 5.56. The summed E-state index contributed by atoms with van der Waals surface area (Å²) >= 11 is 0. The highest BCUT2D eigenvalue weighted by Crippen LogP contribution is 2.24. The van der Waals surface area contributed by atoms with Crippen molar-refractivity contribution in [2.45, 2.75) is 70.6 Å². The van der Waals surface area contributed by atoms with Crippen molar-refractivity contribution >= 4 is 17.7 Å². The number of nitrogens with one attached hydrogen (secondary N) is 1. The van der Waals surface area contributed by atoms with Crippen molar-refractivity contribution in [2.75, 3.05) is 11.9 Å². The van der Waals surface area contributed by atoms with Crippen LogP contribution in [0.1, 0.15) is 62.7 Å². The van der Waals surface area contributed by atoms with E-state index in [2.05, 4.69) is 17.2 Å². The van der Waals surface area contributed by atoms with Crippen molar-refractivity contribution in [1.29, 1.82) is 0 Å². The van der Waals surface area contributed by atoms with Crippen molar-refractivity contribution in [1.82, 2.24) is 9.88 Å². The maximum Gasteiger partial charge on any atom is 0.340 e. The summed E-state index contributed by atoms with van der Waals surface area (Å²) < 4.78 is 5.39. The first-order valence-corrected chi connectivity index (χ1v) is 9.32. The minimum atomic E-state index is -0.774. The molecule has 1 aliphatic carbocycles. The quantitative estimate of drug-likeness (QED) is 0.803. The number of anilines is 1. The third-order valence-corrected chi connectivity index (χ3v) is 4.94. The van der Waals surface area contributed by atoms with Crippen molar-refractivity contribution in [3.8, 4) is 0 Å². The van der Waals surface area contributed by atoms with Gasteiger partial charge in [0.1, 0.15) is 5.82 Å². The summed E-state index contributed by atoms with van der Waals surface area (Å²) in [6.45, 7) is 4.50. The molecule has 2 heterocycles. The van der Waals surface area contributed by atoms with Crippen LogP contribution in [0.25, 0.3) is 0 Å². The van der Waals surface area contributed by atoms with E-state index in [4.69, 9.17) is 4.74 Å². The van der Waals surface area contributed by atoms with Gasteiger partial charge in [0.15, 0.2) is 6.10 Å². The van der Waals surface area contributed by atoms with Gasteiger partial charge in [0.25, 0.3) is 5.91 Å². The molecule has 6 nitrogen and oxygen atoms in total. The maximum absolute atomic E-state index is 12.6. The number of esters is 1. The van der Waals surface area contributed by atoms with E-state index in [1.165, 1.54) is 19.0 Å². The summed E-state index contributed by atoms with van der Waals surface area (Å²) in [5.74, 6) is 0.165. The highest BCUT2D eigenvalue weighted by atomic mass is 16.5. The van der Waals surface area contributed by atoms with Gasteiger partial charge in [-0.2, -0.15) is 0 Å². The molecule has 1 aliphatic heterocycles. The fourth-order valence-corrected chi connectivity index (χ4v) is 3.26.